The minimum Gasteiger partial charge on any atom is -0.489 e. The van der Waals surface area contributed by atoms with Crippen LogP contribution in [-0.2, 0) is 0 Å². The molecule has 1 fully saturated rings. The number of carboxylic acid groups (broad SMARTS) is 1. The van der Waals surface area contributed by atoms with Crippen LogP contribution in [0.1, 0.15) is 16.8 Å². The third-order valence-corrected chi connectivity index (χ3v) is 4.40. The number of para-hydroxylation sites is 1. The number of carboxylic acids is 1. The summed E-state index contributed by atoms with van der Waals surface area (Å²) in [5, 5.41) is 13.5. The van der Waals surface area contributed by atoms with E-state index >= 15 is 0 Å². The Kier molecular flexibility index (Phi) is 4.07. The summed E-state index contributed by atoms with van der Waals surface area (Å²) in [6.07, 6.45) is 1.19. The fourth-order valence-electron chi connectivity index (χ4n) is 3.13. The van der Waals surface area contributed by atoms with Crippen LogP contribution in [0.4, 0.5) is 0 Å². The average molecular weight is 334 g/mol. The Balaban J connectivity index is 1.71. The van der Waals surface area contributed by atoms with Crippen molar-refractivity contribution < 1.29 is 14.6 Å². The van der Waals surface area contributed by atoms with Crippen LogP contribution < -0.4 is 10.1 Å². The molecule has 1 saturated heterocycles. The Hall–Kier alpha value is -2.92. The van der Waals surface area contributed by atoms with Gasteiger partial charge in [-0.05, 0) is 37.2 Å². The van der Waals surface area contributed by atoms with E-state index in [2.05, 4.69) is 10.3 Å². The molecule has 0 aliphatic carbocycles. The van der Waals surface area contributed by atoms with Crippen molar-refractivity contribution in [1.29, 1.82) is 0 Å². The van der Waals surface area contributed by atoms with E-state index < -0.39 is 5.97 Å². The van der Waals surface area contributed by atoms with Gasteiger partial charge in [0.05, 0.1) is 16.8 Å². The number of carbonyl (C=O) groups is 1. The van der Waals surface area contributed by atoms with Gasteiger partial charge in [-0.15, -0.1) is 0 Å². The second kappa shape index (κ2) is 6.53. The highest BCUT2D eigenvalue weighted by Gasteiger charge is 2.16. The van der Waals surface area contributed by atoms with Gasteiger partial charge in [-0.3, -0.25) is 0 Å². The topological polar surface area (TPSA) is 71.5 Å². The van der Waals surface area contributed by atoms with Gasteiger partial charge in [-0.2, -0.15) is 0 Å². The van der Waals surface area contributed by atoms with Gasteiger partial charge < -0.3 is 15.2 Å². The van der Waals surface area contributed by atoms with Gasteiger partial charge in [0.1, 0.15) is 11.9 Å². The molecule has 0 radical (unpaired) electrons. The number of rotatable bonds is 4. The zero-order valence-corrected chi connectivity index (χ0v) is 13.6. The lowest BCUT2D eigenvalue weighted by Crippen LogP contribution is -2.19. The molecule has 4 rings (SSSR count). The van der Waals surface area contributed by atoms with Crippen LogP contribution in [0.5, 0.6) is 5.75 Å². The molecule has 0 spiro atoms. The minimum atomic E-state index is -0.971. The second-order valence-corrected chi connectivity index (χ2v) is 6.14. The number of nitrogens with one attached hydrogen (secondary N) is 1. The van der Waals surface area contributed by atoms with Gasteiger partial charge >= 0.3 is 5.97 Å². The molecule has 0 saturated carbocycles. The van der Waals surface area contributed by atoms with E-state index in [1.807, 2.05) is 42.5 Å². The highest BCUT2D eigenvalue weighted by molar-refractivity contribution is 6.02. The Morgan fingerprint density at radius 3 is 2.84 bits per heavy atom. The van der Waals surface area contributed by atoms with Gasteiger partial charge in [-0.1, -0.05) is 30.3 Å². The molecule has 1 aliphatic heterocycles. The molecule has 1 atom stereocenters. The van der Waals surface area contributed by atoms with E-state index in [4.69, 9.17) is 4.74 Å². The van der Waals surface area contributed by atoms with Gasteiger partial charge in [0, 0.05) is 17.5 Å². The van der Waals surface area contributed by atoms with Crippen molar-refractivity contribution in [3.05, 3.63) is 60.2 Å². The van der Waals surface area contributed by atoms with E-state index in [9.17, 15) is 9.90 Å². The number of ether oxygens (including phenoxy) is 1. The lowest BCUT2D eigenvalue weighted by molar-refractivity contribution is 0.0699. The van der Waals surface area contributed by atoms with Crippen molar-refractivity contribution >= 4 is 16.9 Å². The van der Waals surface area contributed by atoms with Crippen molar-refractivity contribution in [3.63, 3.8) is 0 Å². The highest BCUT2D eigenvalue weighted by Crippen LogP contribution is 2.26. The molecule has 25 heavy (non-hydrogen) atoms. The fourth-order valence-corrected chi connectivity index (χ4v) is 3.13. The predicted octanol–water partition coefficient (Wildman–Crippen LogP) is 3.34. The molecule has 0 amide bonds. The van der Waals surface area contributed by atoms with Crippen molar-refractivity contribution in [3.8, 4) is 17.0 Å². The minimum absolute atomic E-state index is 0.193. The summed E-state index contributed by atoms with van der Waals surface area (Å²) >= 11 is 0. The van der Waals surface area contributed by atoms with Crippen molar-refractivity contribution in [2.24, 2.45) is 0 Å². The van der Waals surface area contributed by atoms with Gasteiger partial charge in [0.2, 0.25) is 0 Å². The molecule has 1 aliphatic rings. The van der Waals surface area contributed by atoms with Gasteiger partial charge in [0.15, 0.2) is 0 Å². The van der Waals surface area contributed by atoms with Gasteiger partial charge in [-0.25, -0.2) is 9.78 Å². The third-order valence-electron chi connectivity index (χ3n) is 4.40. The van der Waals surface area contributed by atoms with Crippen molar-refractivity contribution in [2.75, 3.05) is 13.1 Å². The zero-order chi connectivity index (χ0) is 17.2. The Morgan fingerprint density at radius 2 is 2.04 bits per heavy atom. The maximum absolute atomic E-state index is 11.4. The van der Waals surface area contributed by atoms with Crippen molar-refractivity contribution in [2.45, 2.75) is 12.5 Å². The summed E-state index contributed by atoms with van der Waals surface area (Å²) in [6, 6.07) is 16.8. The molecule has 3 aromatic rings. The summed E-state index contributed by atoms with van der Waals surface area (Å²) in [6.45, 7) is 1.84. The molecule has 2 aromatic carbocycles. The molecule has 5 nitrogen and oxygen atoms in total. The first kappa shape index (κ1) is 15.6. The number of nitrogens with zero attached hydrogens (tertiary/aromatic N) is 1. The number of fused-ring (bicyclic) bond motifs is 1. The van der Waals surface area contributed by atoms with E-state index in [-0.39, 0.29) is 11.7 Å². The third kappa shape index (κ3) is 3.19. The summed E-state index contributed by atoms with van der Waals surface area (Å²) in [5.74, 6) is -0.166. The molecule has 0 bridgehead atoms. The highest BCUT2D eigenvalue weighted by atomic mass is 16.5. The number of benzene rings is 2. The molecule has 0 unspecified atom stereocenters. The molecule has 126 valence electrons. The van der Waals surface area contributed by atoms with Crippen LogP contribution >= 0.6 is 0 Å². The number of hydrogen-bond donors (Lipinski definition) is 2. The van der Waals surface area contributed by atoms with Gasteiger partial charge in [0.25, 0.3) is 0 Å². The summed E-state index contributed by atoms with van der Waals surface area (Å²) in [5.41, 5.74) is 2.35. The average Bonchev–Trinajstić information content (AvgIpc) is 3.14. The fraction of sp³-hybridized carbons (Fsp3) is 0.200. The van der Waals surface area contributed by atoms with Crippen LogP contribution in [-0.4, -0.2) is 35.3 Å². The van der Waals surface area contributed by atoms with Crippen LogP contribution in [0, 0.1) is 0 Å². The van der Waals surface area contributed by atoms with Crippen LogP contribution in [0.3, 0.4) is 0 Å². The monoisotopic (exact) mass is 334 g/mol. The summed E-state index contributed by atoms with van der Waals surface area (Å²) in [7, 11) is 0. The lowest BCUT2D eigenvalue weighted by Gasteiger charge is -2.13. The van der Waals surface area contributed by atoms with Crippen LogP contribution in [0.25, 0.3) is 22.2 Å². The standard InChI is InChI=1S/C20H18N2O3/c23-20(24)17-6-2-3-13-7-8-18(22-19(13)17)14-4-1-5-15(11-14)25-16-9-10-21-12-16/h1-8,11,16,21H,9-10,12H2,(H,23,24)/t16-/m1/s1. The first-order chi connectivity index (χ1) is 12.2. The Morgan fingerprint density at radius 1 is 1.16 bits per heavy atom. The zero-order valence-electron chi connectivity index (χ0n) is 13.6. The maximum Gasteiger partial charge on any atom is 0.337 e. The molecule has 2 heterocycles. The number of aromatic nitrogens is 1. The molecule has 2 N–H and O–H groups in total. The largest absolute Gasteiger partial charge is 0.489 e. The summed E-state index contributed by atoms with van der Waals surface area (Å²) in [4.78, 5) is 16.0. The second-order valence-electron chi connectivity index (χ2n) is 6.14. The van der Waals surface area contributed by atoms with E-state index in [0.717, 1.165) is 41.9 Å². The molecule has 5 heteroatoms. The maximum atomic E-state index is 11.4. The lowest BCUT2D eigenvalue weighted by atomic mass is 10.1. The van der Waals surface area contributed by atoms with E-state index in [1.54, 1.807) is 12.1 Å². The SMILES string of the molecule is O=C(O)c1cccc2ccc(-c3cccc(O[C@@H]4CCNC4)c3)nc12. The summed E-state index contributed by atoms with van der Waals surface area (Å²) < 4.78 is 6.00. The molecular weight excluding hydrogens is 316 g/mol. The number of pyridine rings is 1. The first-order valence-corrected chi connectivity index (χ1v) is 8.31. The quantitative estimate of drug-likeness (QED) is 0.766. The Labute approximate surface area is 145 Å². The van der Waals surface area contributed by atoms with Crippen LogP contribution in [0.15, 0.2) is 54.6 Å². The van der Waals surface area contributed by atoms with E-state index in [0.29, 0.717) is 5.52 Å². The number of hydrogen-bond acceptors (Lipinski definition) is 4. The van der Waals surface area contributed by atoms with Crippen molar-refractivity contribution in [1.82, 2.24) is 10.3 Å². The molecule has 1 aromatic heterocycles. The normalized spacial score (nSPS) is 16.9. The van der Waals surface area contributed by atoms with Crippen LogP contribution in [0.2, 0.25) is 0 Å². The Bertz CT molecular complexity index is 933. The molecular formula is C20H18N2O3. The smallest absolute Gasteiger partial charge is 0.337 e. The van der Waals surface area contributed by atoms with E-state index in [1.165, 1.54) is 0 Å². The number of aromatic carboxylic acids is 1. The first-order valence-electron chi connectivity index (χ1n) is 8.31. The predicted molar refractivity (Wildman–Crippen MR) is 96.0 cm³/mol.